The number of ether oxygens (including phenoxy) is 1. The molecule has 184 valence electrons. The van der Waals surface area contributed by atoms with Crippen molar-refractivity contribution in [1.29, 1.82) is 0 Å². The van der Waals surface area contributed by atoms with Crippen molar-refractivity contribution in [3.05, 3.63) is 54.1 Å². The van der Waals surface area contributed by atoms with Gasteiger partial charge in [-0.15, -0.1) is 0 Å². The first-order chi connectivity index (χ1) is 16.7. The molecule has 35 heavy (non-hydrogen) atoms. The second-order valence-corrected chi connectivity index (χ2v) is 9.77. The van der Waals surface area contributed by atoms with E-state index in [1.165, 1.54) is 0 Å². The number of H-pyrrole nitrogens is 1. The minimum absolute atomic E-state index is 0.0913. The van der Waals surface area contributed by atoms with Gasteiger partial charge < -0.3 is 20.3 Å². The number of hydrogen-bond donors (Lipinski definition) is 3. The topological polar surface area (TPSA) is 116 Å². The molecule has 0 atom stereocenters. The van der Waals surface area contributed by atoms with Crippen molar-refractivity contribution in [1.82, 2.24) is 15.1 Å². The first-order valence-electron chi connectivity index (χ1n) is 11.8. The van der Waals surface area contributed by atoms with Crippen molar-refractivity contribution >= 4 is 40.3 Å². The highest BCUT2D eigenvalue weighted by molar-refractivity contribution is 6.02. The summed E-state index contributed by atoms with van der Waals surface area (Å²) in [5, 5.41) is 13.6. The SMILES string of the molecule is CC(C)(C)OC(=O)N1CCC(C(=O)Nc2ccc3[nH]nc(NC(=O)Cc4ccccc4)c3c2)CC1. The van der Waals surface area contributed by atoms with Gasteiger partial charge in [0.25, 0.3) is 0 Å². The van der Waals surface area contributed by atoms with Gasteiger partial charge in [-0.2, -0.15) is 5.10 Å². The first kappa shape index (κ1) is 24.3. The largest absolute Gasteiger partial charge is 0.444 e. The maximum atomic E-state index is 12.9. The number of hydrogen-bond acceptors (Lipinski definition) is 5. The molecule has 1 aliphatic heterocycles. The third kappa shape index (κ3) is 6.38. The van der Waals surface area contributed by atoms with E-state index in [-0.39, 0.29) is 30.2 Å². The van der Waals surface area contributed by atoms with Crippen LogP contribution in [0.25, 0.3) is 10.9 Å². The number of aromatic amines is 1. The number of benzene rings is 2. The molecule has 1 saturated heterocycles. The first-order valence-corrected chi connectivity index (χ1v) is 11.8. The minimum atomic E-state index is -0.545. The molecular weight excluding hydrogens is 446 g/mol. The van der Waals surface area contributed by atoms with Gasteiger partial charge in [-0.05, 0) is 57.4 Å². The number of amides is 3. The number of carbonyl (C=O) groups is 3. The van der Waals surface area contributed by atoms with Crippen molar-refractivity contribution in [2.75, 3.05) is 23.7 Å². The van der Waals surface area contributed by atoms with Crippen LogP contribution >= 0.6 is 0 Å². The Morgan fingerprint density at radius 2 is 1.77 bits per heavy atom. The second kappa shape index (κ2) is 10.2. The summed E-state index contributed by atoms with van der Waals surface area (Å²) in [6.45, 7) is 6.46. The van der Waals surface area contributed by atoms with Crippen LogP contribution in [0.1, 0.15) is 39.2 Å². The number of nitrogens with one attached hydrogen (secondary N) is 3. The Balaban J connectivity index is 1.35. The number of anilines is 2. The number of piperidine rings is 1. The van der Waals surface area contributed by atoms with Gasteiger partial charge in [0.05, 0.1) is 11.9 Å². The lowest BCUT2D eigenvalue weighted by Crippen LogP contribution is -2.43. The van der Waals surface area contributed by atoms with Crippen molar-refractivity contribution in [3.8, 4) is 0 Å². The lowest BCUT2D eigenvalue weighted by atomic mass is 9.96. The van der Waals surface area contributed by atoms with E-state index in [0.717, 1.165) is 11.1 Å². The average Bonchev–Trinajstić information content (AvgIpc) is 3.20. The fourth-order valence-corrected chi connectivity index (χ4v) is 4.04. The lowest BCUT2D eigenvalue weighted by molar-refractivity contribution is -0.121. The fraction of sp³-hybridized carbons (Fsp3) is 0.385. The number of carbonyl (C=O) groups excluding carboxylic acids is 3. The normalized spacial score (nSPS) is 14.5. The molecule has 3 amide bonds. The summed E-state index contributed by atoms with van der Waals surface area (Å²) in [5.74, 6) is -0.0383. The van der Waals surface area contributed by atoms with Crippen LogP contribution in [0.3, 0.4) is 0 Å². The Bertz CT molecular complexity index is 1210. The maximum Gasteiger partial charge on any atom is 0.410 e. The second-order valence-electron chi connectivity index (χ2n) is 9.77. The summed E-state index contributed by atoms with van der Waals surface area (Å²) >= 11 is 0. The van der Waals surface area contributed by atoms with E-state index in [9.17, 15) is 14.4 Å². The van der Waals surface area contributed by atoms with Gasteiger partial charge in [-0.25, -0.2) is 4.79 Å². The summed E-state index contributed by atoms with van der Waals surface area (Å²) in [5.41, 5.74) is 1.74. The van der Waals surface area contributed by atoms with Gasteiger partial charge in [0.2, 0.25) is 11.8 Å². The smallest absolute Gasteiger partial charge is 0.410 e. The molecular formula is C26H31N5O4. The quantitative estimate of drug-likeness (QED) is 0.506. The van der Waals surface area contributed by atoms with Crippen LogP contribution in [0.15, 0.2) is 48.5 Å². The Hall–Kier alpha value is -3.88. The van der Waals surface area contributed by atoms with Crippen LogP contribution in [0.2, 0.25) is 0 Å². The third-order valence-corrected chi connectivity index (χ3v) is 5.81. The predicted octanol–water partition coefficient (Wildman–Crippen LogP) is 4.33. The zero-order valence-electron chi connectivity index (χ0n) is 20.3. The standard InChI is InChI=1S/C26H31N5O4/c1-26(2,3)35-25(34)31-13-11-18(12-14-31)24(33)27-19-9-10-21-20(16-19)23(30-29-21)28-22(32)15-17-7-5-4-6-8-17/h4-10,16,18H,11-15H2,1-3H3,(H,27,33)(H2,28,29,30,32). The van der Waals surface area contributed by atoms with Crippen LogP contribution in [-0.4, -0.2) is 51.7 Å². The van der Waals surface area contributed by atoms with Crippen molar-refractivity contribution < 1.29 is 19.1 Å². The molecule has 0 radical (unpaired) electrons. The van der Waals surface area contributed by atoms with Gasteiger partial charge in [-0.1, -0.05) is 30.3 Å². The third-order valence-electron chi connectivity index (χ3n) is 5.81. The van der Waals surface area contributed by atoms with E-state index in [4.69, 9.17) is 4.74 Å². The van der Waals surface area contributed by atoms with E-state index in [2.05, 4.69) is 20.8 Å². The van der Waals surface area contributed by atoms with Gasteiger partial charge in [-0.3, -0.25) is 14.7 Å². The molecule has 4 rings (SSSR count). The van der Waals surface area contributed by atoms with Crippen LogP contribution in [0.5, 0.6) is 0 Å². The summed E-state index contributed by atoms with van der Waals surface area (Å²) in [6.07, 6.45) is 1.04. The molecule has 1 aromatic heterocycles. The molecule has 0 aliphatic carbocycles. The molecule has 9 heteroatoms. The molecule has 9 nitrogen and oxygen atoms in total. The zero-order chi connectivity index (χ0) is 25.0. The van der Waals surface area contributed by atoms with Gasteiger partial charge in [0, 0.05) is 30.1 Å². The zero-order valence-corrected chi connectivity index (χ0v) is 20.3. The highest BCUT2D eigenvalue weighted by Gasteiger charge is 2.30. The number of likely N-dealkylation sites (tertiary alicyclic amines) is 1. The van der Waals surface area contributed by atoms with E-state index in [1.807, 2.05) is 57.2 Å². The van der Waals surface area contributed by atoms with Gasteiger partial charge in [0.15, 0.2) is 5.82 Å². The van der Waals surface area contributed by atoms with Crippen LogP contribution in [-0.2, 0) is 20.7 Å². The Morgan fingerprint density at radius 1 is 1.06 bits per heavy atom. The summed E-state index contributed by atoms with van der Waals surface area (Å²) < 4.78 is 5.42. The molecule has 2 heterocycles. The van der Waals surface area contributed by atoms with E-state index >= 15 is 0 Å². The Kier molecular flexibility index (Phi) is 7.04. The van der Waals surface area contributed by atoms with Crippen LogP contribution in [0.4, 0.5) is 16.3 Å². The highest BCUT2D eigenvalue weighted by Crippen LogP contribution is 2.26. The molecule has 3 aromatic rings. The Labute approximate surface area is 204 Å². The predicted molar refractivity (Wildman–Crippen MR) is 134 cm³/mol. The van der Waals surface area contributed by atoms with Crippen molar-refractivity contribution in [3.63, 3.8) is 0 Å². The summed E-state index contributed by atoms with van der Waals surface area (Å²) in [7, 11) is 0. The van der Waals surface area contributed by atoms with Crippen molar-refractivity contribution in [2.45, 2.75) is 45.6 Å². The summed E-state index contributed by atoms with van der Waals surface area (Å²) in [6, 6.07) is 14.9. The van der Waals surface area contributed by atoms with E-state index in [0.29, 0.717) is 42.8 Å². The molecule has 3 N–H and O–H groups in total. The maximum absolute atomic E-state index is 12.9. The lowest BCUT2D eigenvalue weighted by Gasteiger charge is -2.32. The summed E-state index contributed by atoms with van der Waals surface area (Å²) in [4.78, 5) is 39.3. The number of fused-ring (bicyclic) bond motifs is 1. The highest BCUT2D eigenvalue weighted by atomic mass is 16.6. The molecule has 1 aliphatic rings. The molecule has 0 bridgehead atoms. The molecule has 0 saturated carbocycles. The number of nitrogens with zero attached hydrogens (tertiary/aromatic N) is 2. The van der Waals surface area contributed by atoms with Gasteiger partial charge >= 0.3 is 6.09 Å². The van der Waals surface area contributed by atoms with Crippen molar-refractivity contribution in [2.24, 2.45) is 5.92 Å². The number of rotatable bonds is 5. The van der Waals surface area contributed by atoms with Gasteiger partial charge in [0.1, 0.15) is 5.60 Å². The van der Waals surface area contributed by atoms with E-state index < -0.39 is 5.60 Å². The molecule has 1 fully saturated rings. The molecule has 0 spiro atoms. The molecule has 0 unspecified atom stereocenters. The number of aromatic nitrogens is 2. The fourth-order valence-electron chi connectivity index (χ4n) is 4.04. The minimum Gasteiger partial charge on any atom is -0.444 e. The van der Waals surface area contributed by atoms with E-state index in [1.54, 1.807) is 17.0 Å². The molecule has 2 aromatic carbocycles. The monoisotopic (exact) mass is 477 g/mol. The van der Waals surface area contributed by atoms with Crippen LogP contribution < -0.4 is 10.6 Å². The average molecular weight is 478 g/mol. The Morgan fingerprint density at radius 3 is 2.46 bits per heavy atom. The van der Waals surface area contributed by atoms with Crippen LogP contribution in [0, 0.1) is 5.92 Å².